The van der Waals surface area contributed by atoms with Crippen LogP contribution in [-0.2, 0) is 4.18 Å². The Morgan fingerprint density at radius 3 is 1.72 bits per heavy atom. The molecule has 0 radical (unpaired) electrons. The van der Waals surface area contributed by atoms with Crippen LogP contribution in [0.5, 0.6) is 0 Å². The minimum absolute atomic E-state index is 0.689. The summed E-state index contributed by atoms with van der Waals surface area (Å²) in [5, 5.41) is 0. The average molecular weight is 280 g/mol. The zero-order valence-corrected chi connectivity index (χ0v) is 14.7. The molecule has 0 heterocycles. The van der Waals surface area contributed by atoms with Crippen molar-refractivity contribution in [3.8, 4) is 0 Å². The Balaban J connectivity index is 0. The molecule has 2 nitrogen and oxygen atoms in total. The second-order valence-electron chi connectivity index (χ2n) is 5.27. The molecule has 0 aromatic heterocycles. The van der Waals surface area contributed by atoms with Crippen LogP contribution in [0.2, 0.25) is 0 Å². The Labute approximate surface area is 118 Å². The molecular weight excluding hydrogens is 242 g/mol. The Bertz CT molecular complexity index is 165. The quantitative estimate of drug-likeness (QED) is 0.614. The van der Waals surface area contributed by atoms with Gasteiger partial charge in [0.2, 0.25) is 0 Å². The third-order valence-electron chi connectivity index (χ3n) is 2.93. The predicted octanol–water partition coefficient (Wildman–Crippen LogP) is 4.54. The lowest BCUT2D eigenvalue weighted by Gasteiger charge is -2.33. The van der Waals surface area contributed by atoms with Gasteiger partial charge in [-0.1, -0.05) is 33.6 Å². The fraction of sp³-hybridized carbons (Fsp3) is 1.00. The molecule has 0 N–H and O–H groups in total. The highest BCUT2D eigenvalue weighted by Crippen LogP contribution is 2.45. The monoisotopic (exact) mass is 279 g/mol. The molecule has 1 atom stereocenters. The molecule has 0 aliphatic rings. The van der Waals surface area contributed by atoms with Gasteiger partial charge in [-0.05, 0) is 57.7 Å². The van der Waals surface area contributed by atoms with E-state index in [-0.39, 0.29) is 0 Å². The van der Waals surface area contributed by atoms with Crippen LogP contribution in [0, 0.1) is 0 Å². The molecule has 1 unspecified atom stereocenters. The van der Waals surface area contributed by atoms with Crippen molar-refractivity contribution in [2.24, 2.45) is 0 Å². The summed E-state index contributed by atoms with van der Waals surface area (Å²) in [4.78, 5) is 2.21. The predicted molar refractivity (Wildman–Crippen MR) is 88.9 cm³/mol. The Hall–Kier alpha value is 0.270. The van der Waals surface area contributed by atoms with Crippen LogP contribution in [0.15, 0.2) is 0 Å². The van der Waals surface area contributed by atoms with Crippen molar-refractivity contribution in [1.29, 1.82) is 0 Å². The van der Waals surface area contributed by atoms with Crippen molar-refractivity contribution in [2.75, 3.05) is 45.5 Å². The lowest BCUT2D eigenvalue weighted by Crippen LogP contribution is -2.12. The van der Waals surface area contributed by atoms with Gasteiger partial charge < -0.3 is 9.08 Å². The third kappa shape index (κ3) is 14.3. The van der Waals surface area contributed by atoms with E-state index in [4.69, 9.17) is 4.18 Å². The molecule has 18 heavy (non-hydrogen) atoms. The van der Waals surface area contributed by atoms with E-state index in [1.807, 2.05) is 7.11 Å². The summed E-state index contributed by atoms with van der Waals surface area (Å²) in [6.07, 6.45) is 8.79. The SMILES string of the molecule is CCCCN(C)C.CCCCS(C)(CCC)OC. The van der Waals surface area contributed by atoms with Crippen molar-refractivity contribution >= 4 is 10.3 Å². The highest BCUT2D eigenvalue weighted by Gasteiger charge is 2.14. The van der Waals surface area contributed by atoms with Crippen molar-refractivity contribution < 1.29 is 4.18 Å². The van der Waals surface area contributed by atoms with Crippen LogP contribution >= 0.6 is 10.3 Å². The van der Waals surface area contributed by atoms with Gasteiger partial charge in [0.05, 0.1) is 0 Å². The van der Waals surface area contributed by atoms with Crippen LogP contribution in [0.3, 0.4) is 0 Å². The summed E-state index contributed by atoms with van der Waals surface area (Å²) < 4.78 is 5.56. The molecule has 0 rings (SSSR count). The summed E-state index contributed by atoms with van der Waals surface area (Å²) in [7, 11) is 5.39. The molecule has 0 aromatic rings. The number of hydrogen-bond acceptors (Lipinski definition) is 2. The number of rotatable bonds is 9. The Kier molecular flexibility index (Phi) is 15.7. The molecule has 0 fully saturated rings. The topological polar surface area (TPSA) is 12.5 Å². The van der Waals surface area contributed by atoms with E-state index in [1.165, 1.54) is 50.2 Å². The van der Waals surface area contributed by atoms with Crippen LogP contribution in [-0.4, -0.2) is 50.4 Å². The van der Waals surface area contributed by atoms with Crippen LogP contribution in [0.4, 0.5) is 0 Å². The number of nitrogens with zero attached hydrogens (tertiary/aromatic N) is 1. The summed E-state index contributed by atoms with van der Waals surface area (Å²) in [5.41, 5.74) is 0. The largest absolute Gasteiger partial charge is 0.340 e. The standard InChI is InChI=1S/C9H22OS.C6H15N/c1-5-7-9-11(4,10-3)8-6-2;1-4-5-6-7(2)3/h5-9H2,1-4H3;4-6H2,1-3H3. The molecule has 0 amide bonds. The molecule has 114 valence electrons. The smallest absolute Gasteiger partial charge is 0.0481 e. The van der Waals surface area contributed by atoms with Gasteiger partial charge in [0, 0.05) is 7.11 Å². The molecule has 0 aliphatic carbocycles. The first-order chi connectivity index (χ1) is 8.45. The van der Waals surface area contributed by atoms with E-state index < -0.39 is 10.3 Å². The first kappa shape index (κ1) is 20.6. The van der Waals surface area contributed by atoms with Crippen molar-refractivity contribution in [1.82, 2.24) is 4.90 Å². The van der Waals surface area contributed by atoms with Gasteiger partial charge >= 0.3 is 0 Å². The highest BCUT2D eigenvalue weighted by atomic mass is 32.3. The fourth-order valence-corrected chi connectivity index (χ4v) is 3.92. The van der Waals surface area contributed by atoms with Gasteiger partial charge in [-0.3, -0.25) is 0 Å². The highest BCUT2D eigenvalue weighted by molar-refractivity contribution is 8.29. The zero-order chi connectivity index (χ0) is 14.4. The molecule has 0 saturated heterocycles. The molecular formula is C15H37NOS. The van der Waals surface area contributed by atoms with Crippen molar-refractivity contribution in [3.63, 3.8) is 0 Å². The Morgan fingerprint density at radius 2 is 1.44 bits per heavy atom. The molecule has 0 bridgehead atoms. The van der Waals surface area contributed by atoms with Gasteiger partial charge in [-0.25, -0.2) is 0 Å². The van der Waals surface area contributed by atoms with Crippen LogP contribution in [0.25, 0.3) is 0 Å². The first-order valence-corrected chi connectivity index (χ1v) is 9.70. The molecule has 0 aliphatic heterocycles. The Morgan fingerprint density at radius 1 is 0.889 bits per heavy atom. The summed E-state index contributed by atoms with van der Waals surface area (Å²) in [6, 6.07) is 0. The average Bonchev–Trinajstić information content (AvgIpc) is 2.35. The molecule has 3 heteroatoms. The van der Waals surface area contributed by atoms with Gasteiger partial charge in [0.15, 0.2) is 0 Å². The van der Waals surface area contributed by atoms with Gasteiger partial charge in [-0.15, -0.1) is 10.3 Å². The molecule has 0 spiro atoms. The lowest BCUT2D eigenvalue weighted by molar-refractivity contribution is 0.398. The maximum Gasteiger partial charge on any atom is 0.0481 e. The van der Waals surface area contributed by atoms with Crippen molar-refractivity contribution in [3.05, 3.63) is 0 Å². The maximum absolute atomic E-state index is 5.56. The number of unbranched alkanes of at least 4 members (excludes halogenated alkanes) is 2. The minimum Gasteiger partial charge on any atom is -0.340 e. The normalized spacial score (nSPS) is 15.8. The second-order valence-corrected chi connectivity index (χ2v) is 8.79. The third-order valence-corrected chi connectivity index (χ3v) is 6.16. The van der Waals surface area contributed by atoms with Gasteiger partial charge in [-0.2, -0.15) is 0 Å². The fourth-order valence-electron chi connectivity index (χ4n) is 1.62. The van der Waals surface area contributed by atoms with E-state index in [0.717, 1.165) is 0 Å². The number of hydrogen-bond donors (Lipinski definition) is 0. The first-order valence-electron chi connectivity index (χ1n) is 7.39. The van der Waals surface area contributed by atoms with Crippen LogP contribution in [0.1, 0.15) is 52.9 Å². The van der Waals surface area contributed by atoms with Gasteiger partial charge in [0.1, 0.15) is 0 Å². The van der Waals surface area contributed by atoms with E-state index in [1.54, 1.807) is 0 Å². The summed E-state index contributed by atoms with van der Waals surface area (Å²) in [6.45, 7) is 7.91. The van der Waals surface area contributed by atoms with E-state index in [0.29, 0.717) is 0 Å². The second kappa shape index (κ2) is 13.7. The maximum atomic E-state index is 5.56. The summed E-state index contributed by atoms with van der Waals surface area (Å²) >= 11 is 0. The minimum atomic E-state index is -0.689. The molecule has 0 saturated carbocycles. The van der Waals surface area contributed by atoms with Gasteiger partial charge in [0.25, 0.3) is 0 Å². The lowest BCUT2D eigenvalue weighted by atomic mass is 10.3. The summed E-state index contributed by atoms with van der Waals surface area (Å²) in [5.74, 6) is 2.55. The molecule has 0 aromatic carbocycles. The zero-order valence-electron chi connectivity index (χ0n) is 13.9. The van der Waals surface area contributed by atoms with Crippen molar-refractivity contribution in [2.45, 2.75) is 52.9 Å². The van der Waals surface area contributed by atoms with E-state index >= 15 is 0 Å². The van der Waals surface area contributed by atoms with E-state index in [9.17, 15) is 0 Å². The van der Waals surface area contributed by atoms with E-state index in [2.05, 4.69) is 46.0 Å². The van der Waals surface area contributed by atoms with Crippen LogP contribution < -0.4 is 0 Å².